The summed E-state index contributed by atoms with van der Waals surface area (Å²) in [6.07, 6.45) is 1.76. The molecule has 1 aromatic rings. The SMILES string of the molecule is CC1(C)OB(CCC[C@H]2CN(S(N)(=O)=O)C[C@@]2(N)C(=O)OCc2ccccc2)OC1(C)C. The molecule has 2 atom stereocenters. The molecule has 0 bridgehead atoms. The maximum Gasteiger partial charge on any atom is 0.457 e. The van der Waals surface area contributed by atoms with Gasteiger partial charge in [-0.1, -0.05) is 36.8 Å². The molecule has 2 fully saturated rings. The molecule has 178 valence electrons. The minimum absolute atomic E-state index is 0.0641. The number of nitrogens with two attached hydrogens (primary N) is 2. The molecule has 2 aliphatic rings. The molecule has 9 nitrogen and oxygen atoms in total. The van der Waals surface area contributed by atoms with Crippen molar-refractivity contribution in [2.24, 2.45) is 16.8 Å². The zero-order chi connectivity index (χ0) is 23.8. The Hall–Kier alpha value is -1.50. The quantitative estimate of drug-likeness (QED) is 0.436. The second-order valence-corrected chi connectivity index (χ2v) is 11.3. The molecule has 0 aromatic heterocycles. The summed E-state index contributed by atoms with van der Waals surface area (Å²) in [5.74, 6) is -1.07. The van der Waals surface area contributed by atoms with E-state index >= 15 is 0 Å². The number of ether oxygens (including phenoxy) is 1. The molecular weight excluding hydrogens is 433 g/mol. The lowest BCUT2D eigenvalue weighted by molar-refractivity contribution is -0.152. The second kappa shape index (κ2) is 9.04. The van der Waals surface area contributed by atoms with Crippen LogP contribution in [0.3, 0.4) is 0 Å². The number of esters is 1. The van der Waals surface area contributed by atoms with Crippen LogP contribution >= 0.6 is 0 Å². The van der Waals surface area contributed by atoms with Gasteiger partial charge in [-0.3, -0.25) is 0 Å². The van der Waals surface area contributed by atoms with Gasteiger partial charge in [0.25, 0.3) is 10.2 Å². The first-order valence-electron chi connectivity index (χ1n) is 10.9. The fraction of sp³-hybridized carbons (Fsp3) is 0.667. The minimum atomic E-state index is -3.98. The maximum atomic E-state index is 13.0. The van der Waals surface area contributed by atoms with Gasteiger partial charge in [-0.05, 0) is 46.0 Å². The highest BCUT2D eigenvalue weighted by atomic mass is 32.2. The number of hydrogen-bond acceptors (Lipinski definition) is 7. The summed E-state index contributed by atoms with van der Waals surface area (Å²) in [5, 5.41) is 5.33. The van der Waals surface area contributed by atoms with E-state index in [1.807, 2.05) is 58.0 Å². The van der Waals surface area contributed by atoms with Gasteiger partial charge in [0.2, 0.25) is 0 Å². The summed E-state index contributed by atoms with van der Waals surface area (Å²) in [5.41, 5.74) is 4.98. The predicted molar refractivity (Wildman–Crippen MR) is 121 cm³/mol. The Morgan fingerprint density at radius 1 is 1.19 bits per heavy atom. The predicted octanol–water partition coefficient (Wildman–Crippen LogP) is 1.44. The van der Waals surface area contributed by atoms with Crippen molar-refractivity contribution >= 4 is 23.3 Å². The van der Waals surface area contributed by atoms with Gasteiger partial charge in [-0.25, -0.2) is 9.93 Å². The molecule has 3 rings (SSSR count). The van der Waals surface area contributed by atoms with Crippen molar-refractivity contribution in [3.63, 3.8) is 0 Å². The van der Waals surface area contributed by atoms with Crippen LogP contribution in [0.15, 0.2) is 30.3 Å². The fourth-order valence-electron chi connectivity index (χ4n) is 4.14. The number of benzene rings is 1. The van der Waals surface area contributed by atoms with Crippen LogP contribution in [0, 0.1) is 5.92 Å². The lowest BCUT2D eigenvalue weighted by Gasteiger charge is -2.32. The summed E-state index contributed by atoms with van der Waals surface area (Å²) < 4.78 is 42.5. The van der Waals surface area contributed by atoms with Crippen molar-refractivity contribution in [2.45, 2.75) is 70.2 Å². The third-order valence-corrected chi connectivity index (χ3v) is 7.84. The van der Waals surface area contributed by atoms with Gasteiger partial charge in [0.05, 0.1) is 11.2 Å². The Morgan fingerprint density at radius 3 is 2.34 bits per heavy atom. The molecule has 4 N–H and O–H groups in total. The highest BCUT2D eigenvalue weighted by Crippen LogP contribution is 2.39. The highest BCUT2D eigenvalue weighted by Gasteiger charge is 2.54. The Labute approximate surface area is 191 Å². The third-order valence-electron chi connectivity index (χ3n) is 6.84. The monoisotopic (exact) mass is 467 g/mol. The Balaban J connectivity index is 1.64. The summed E-state index contributed by atoms with van der Waals surface area (Å²) >= 11 is 0. The van der Waals surface area contributed by atoms with Crippen LogP contribution in [0.1, 0.15) is 46.1 Å². The zero-order valence-electron chi connectivity index (χ0n) is 19.2. The molecule has 0 aliphatic carbocycles. The summed E-state index contributed by atoms with van der Waals surface area (Å²) in [7, 11) is -4.35. The number of rotatable bonds is 8. The maximum absolute atomic E-state index is 13.0. The lowest BCUT2D eigenvalue weighted by Crippen LogP contribution is -2.56. The molecule has 1 aromatic carbocycles. The average molecular weight is 467 g/mol. The standard InChI is InChI=1S/C21H34BN3O6S/c1-19(2)20(3,4)31-22(30-19)12-8-11-17-13-25(32(24,27)28)15-21(17,23)18(26)29-14-16-9-6-5-7-10-16/h5-7,9-10,17H,8,11-15,23H2,1-4H3,(H2,24,27,28)/t17-,21-/m0/s1. The normalized spacial score (nSPS) is 27.6. The molecule has 2 saturated heterocycles. The first-order chi connectivity index (χ1) is 14.7. The average Bonchev–Trinajstić information content (AvgIpc) is 3.14. The van der Waals surface area contributed by atoms with Gasteiger partial charge < -0.3 is 19.8 Å². The number of hydrogen-bond donors (Lipinski definition) is 2. The van der Waals surface area contributed by atoms with Gasteiger partial charge in [0.15, 0.2) is 0 Å². The van der Waals surface area contributed by atoms with Crippen LogP contribution in [0.2, 0.25) is 6.32 Å². The van der Waals surface area contributed by atoms with Gasteiger partial charge >= 0.3 is 13.1 Å². The Kier molecular flexibility index (Phi) is 7.10. The van der Waals surface area contributed by atoms with E-state index in [4.69, 9.17) is 24.9 Å². The first kappa shape index (κ1) is 25.1. The van der Waals surface area contributed by atoms with Crippen LogP contribution in [0.25, 0.3) is 0 Å². The van der Waals surface area contributed by atoms with Crippen molar-refractivity contribution in [1.82, 2.24) is 4.31 Å². The van der Waals surface area contributed by atoms with E-state index in [1.54, 1.807) is 0 Å². The highest BCUT2D eigenvalue weighted by molar-refractivity contribution is 7.86. The van der Waals surface area contributed by atoms with E-state index in [0.717, 1.165) is 9.87 Å². The van der Waals surface area contributed by atoms with Crippen LogP contribution in [-0.4, -0.2) is 55.6 Å². The summed E-state index contributed by atoms with van der Waals surface area (Å²) in [6.45, 7) is 7.88. The molecule has 2 aliphatic heterocycles. The summed E-state index contributed by atoms with van der Waals surface area (Å²) in [6, 6.07) is 9.23. The first-order valence-corrected chi connectivity index (χ1v) is 12.4. The fourth-order valence-corrected chi connectivity index (χ4v) is 4.92. The summed E-state index contributed by atoms with van der Waals surface area (Å²) in [4.78, 5) is 13.0. The van der Waals surface area contributed by atoms with Crippen molar-refractivity contribution in [3.8, 4) is 0 Å². The van der Waals surface area contributed by atoms with Gasteiger partial charge in [0.1, 0.15) is 12.1 Å². The molecule has 2 heterocycles. The van der Waals surface area contributed by atoms with Crippen LogP contribution < -0.4 is 10.9 Å². The van der Waals surface area contributed by atoms with E-state index in [0.29, 0.717) is 19.2 Å². The number of carbonyl (C=O) groups is 1. The van der Waals surface area contributed by atoms with Crippen molar-refractivity contribution in [1.29, 1.82) is 0 Å². The van der Waals surface area contributed by atoms with Crippen molar-refractivity contribution in [3.05, 3.63) is 35.9 Å². The smallest absolute Gasteiger partial charge is 0.457 e. The molecule has 0 radical (unpaired) electrons. The van der Waals surface area contributed by atoms with Crippen molar-refractivity contribution in [2.75, 3.05) is 13.1 Å². The molecule has 0 unspecified atom stereocenters. The second-order valence-electron chi connectivity index (χ2n) is 9.75. The van der Waals surface area contributed by atoms with Crippen LogP contribution in [0.4, 0.5) is 0 Å². The van der Waals surface area contributed by atoms with E-state index in [-0.39, 0.29) is 26.8 Å². The largest absolute Gasteiger partial charge is 0.459 e. The topological polar surface area (TPSA) is 134 Å². The van der Waals surface area contributed by atoms with E-state index < -0.39 is 38.8 Å². The molecule has 0 amide bonds. The van der Waals surface area contributed by atoms with Gasteiger partial charge in [-0.15, -0.1) is 0 Å². The molecule has 0 saturated carbocycles. The number of nitrogens with zero attached hydrogens (tertiary/aromatic N) is 1. The molecular formula is C21H34BN3O6S. The molecule has 0 spiro atoms. The Morgan fingerprint density at radius 2 is 1.78 bits per heavy atom. The lowest BCUT2D eigenvalue weighted by atomic mass is 9.78. The molecule has 32 heavy (non-hydrogen) atoms. The van der Waals surface area contributed by atoms with Crippen LogP contribution in [0.5, 0.6) is 0 Å². The zero-order valence-corrected chi connectivity index (χ0v) is 20.1. The minimum Gasteiger partial charge on any atom is -0.459 e. The van der Waals surface area contributed by atoms with Crippen molar-refractivity contribution < 1.29 is 27.3 Å². The van der Waals surface area contributed by atoms with E-state index in [2.05, 4.69) is 0 Å². The third kappa shape index (κ3) is 5.35. The Bertz CT molecular complexity index is 911. The van der Waals surface area contributed by atoms with Gasteiger partial charge in [0, 0.05) is 19.0 Å². The van der Waals surface area contributed by atoms with Gasteiger partial charge in [-0.2, -0.15) is 12.7 Å². The van der Waals surface area contributed by atoms with E-state index in [9.17, 15) is 13.2 Å². The molecule has 11 heteroatoms. The van der Waals surface area contributed by atoms with E-state index in [1.165, 1.54) is 0 Å². The van der Waals surface area contributed by atoms with Crippen LogP contribution in [-0.2, 0) is 35.7 Å². The number of carbonyl (C=O) groups excluding carboxylic acids is 1.